The molecule has 3 N–H and O–H groups in total. The monoisotopic (exact) mass is 246 g/mol. The van der Waals surface area contributed by atoms with Gasteiger partial charge in [-0.2, -0.15) is 0 Å². The zero-order valence-corrected chi connectivity index (χ0v) is 9.96. The number of nitrogen functional groups attached to an aromatic ring is 1. The van der Waals surface area contributed by atoms with Gasteiger partial charge in [0.05, 0.1) is 25.6 Å². The minimum atomic E-state index is -0.0449. The smallest absolute Gasteiger partial charge is 0.219 e. The van der Waals surface area contributed by atoms with Crippen LogP contribution in [0.2, 0.25) is 0 Å². The zero-order chi connectivity index (χ0) is 13.0. The van der Waals surface area contributed by atoms with Crippen LogP contribution in [0.4, 0.5) is 5.69 Å². The maximum atomic E-state index is 9.05. The summed E-state index contributed by atoms with van der Waals surface area (Å²) in [4.78, 5) is 4.04. The molecule has 0 bridgehead atoms. The van der Waals surface area contributed by atoms with Gasteiger partial charge in [0.1, 0.15) is 0 Å². The second-order valence-corrected chi connectivity index (χ2v) is 3.68. The fourth-order valence-electron chi connectivity index (χ4n) is 1.46. The Hall–Kier alpha value is -2.27. The number of hydrogen-bond acceptors (Lipinski definition) is 5. The molecule has 1 heterocycles. The lowest BCUT2D eigenvalue weighted by Crippen LogP contribution is -1.94. The third-order valence-electron chi connectivity index (χ3n) is 2.38. The molecule has 94 valence electrons. The van der Waals surface area contributed by atoms with Crippen molar-refractivity contribution >= 4 is 5.69 Å². The van der Waals surface area contributed by atoms with Gasteiger partial charge >= 0.3 is 0 Å². The van der Waals surface area contributed by atoms with Crippen LogP contribution in [-0.4, -0.2) is 17.2 Å². The van der Waals surface area contributed by atoms with Gasteiger partial charge in [-0.05, 0) is 23.8 Å². The maximum absolute atomic E-state index is 9.05. The number of benzene rings is 1. The highest BCUT2D eigenvalue weighted by Crippen LogP contribution is 2.31. The van der Waals surface area contributed by atoms with Crippen LogP contribution >= 0.6 is 0 Å². The summed E-state index contributed by atoms with van der Waals surface area (Å²) in [6, 6.07) is 8.58. The molecule has 2 rings (SSSR count). The van der Waals surface area contributed by atoms with Crippen LogP contribution in [0.3, 0.4) is 0 Å². The highest BCUT2D eigenvalue weighted by atomic mass is 16.5. The van der Waals surface area contributed by atoms with Gasteiger partial charge < -0.3 is 20.3 Å². The van der Waals surface area contributed by atoms with Crippen molar-refractivity contribution in [3.05, 3.63) is 42.1 Å². The van der Waals surface area contributed by atoms with E-state index in [0.717, 1.165) is 5.56 Å². The molecule has 0 saturated carbocycles. The molecule has 0 amide bonds. The van der Waals surface area contributed by atoms with Crippen molar-refractivity contribution in [3.8, 4) is 17.4 Å². The van der Waals surface area contributed by atoms with Crippen LogP contribution in [0.15, 0.2) is 36.5 Å². The van der Waals surface area contributed by atoms with E-state index in [9.17, 15) is 0 Å². The summed E-state index contributed by atoms with van der Waals surface area (Å²) in [6.07, 6.45) is 1.52. The number of aromatic nitrogens is 1. The van der Waals surface area contributed by atoms with E-state index >= 15 is 0 Å². The molecule has 0 unspecified atom stereocenters. The lowest BCUT2D eigenvalue weighted by Gasteiger charge is -2.10. The molecule has 5 nitrogen and oxygen atoms in total. The Balaban J connectivity index is 2.25. The van der Waals surface area contributed by atoms with Crippen LogP contribution in [-0.2, 0) is 6.61 Å². The average molecular weight is 246 g/mol. The normalized spacial score (nSPS) is 10.1. The van der Waals surface area contributed by atoms with Gasteiger partial charge in [0.25, 0.3) is 0 Å². The van der Waals surface area contributed by atoms with Crippen molar-refractivity contribution in [2.75, 3.05) is 12.8 Å². The minimum Gasteiger partial charge on any atom is -0.493 e. The number of methoxy groups -OCH3 is 1. The zero-order valence-electron chi connectivity index (χ0n) is 9.96. The van der Waals surface area contributed by atoms with Crippen molar-refractivity contribution in [2.24, 2.45) is 0 Å². The number of rotatable bonds is 4. The van der Waals surface area contributed by atoms with Gasteiger partial charge in [-0.15, -0.1) is 0 Å². The number of nitrogens with zero attached hydrogens (tertiary/aromatic N) is 1. The molecule has 5 heteroatoms. The third kappa shape index (κ3) is 2.70. The molecule has 0 aliphatic rings. The molecule has 0 spiro atoms. The van der Waals surface area contributed by atoms with Crippen LogP contribution in [0, 0.1) is 0 Å². The number of anilines is 1. The van der Waals surface area contributed by atoms with Crippen LogP contribution in [0.25, 0.3) is 0 Å². The summed E-state index contributed by atoms with van der Waals surface area (Å²) >= 11 is 0. The Kier molecular flexibility index (Phi) is 3.64. The number of aliphatic hydroxyl groups is 1. The van der Waals surface area contributed by atoms with E-state index in [0.29, 0.717) is 23.1 Å². The van der Waals surface area contributed by atoms with Gasteiger partial charge in [-0.3, -0.25) is 0 Å². The number of nitrogens with two attached hydrogens (primary N) is 1. The molecule has 0 atom stereocenters. The van der Waals surface area contributed by atoms with E-state index in [1.807, 2.05) is 0 Å². The van der Waals surface area contributed by atoms with Gasteiger partial charge in [-0.25, -0.2) is 4.98 Å². The highest BCUT2D eigenvalue weighted by molar-refractivity contribution is 5.45. The molecule has 0 saturated heterocycles. The first-order valence-corrected chi connectivity index (χ1v) is 5.40. The standard InChI is InChI=1S/C13H14N2O3/c1-17-12-6-9(8-16)2-4-11(12)18-13-5-3-10(14)7-15-13/h2-7,16H,8,14H2,1H3. The van der Waals surface area contributed by atoms with Crippen molar-refractivity contribution in [1.29, 1.82) is 0 Å². The van der Waals surface area contributed by atoms with E-state index in [2.05, 4.69) is 4.98 Å². The van der Waals surface area contributed by atoms with Crippen LogP contribution < -0.4 is 15.2 Å². The Morgan fingerprint density at radius 2 is 2.06 bits per heavy atom. The van der Waals surface area contributed by atoms with E-state index in [-0.39, 0.29) is 6.61 Å². The molecular weight excluding hydrogens is 232 g/mol. The summed E-state index contributed by atoms with van der Waals surface area (Å²) < 4.78 is 10.8. The minimum absolute atomic E-state index is 0.0449. The lowest BCUT2D eigenvalue weighted by atomic mass is 10.2. The summed E-state index contributed by atoms with van der Waals surface area (Å²) in [6.45, 7) is -0.0449. The quantitative estimate of drug-likeness (QED) is 0.862. The Bertz CT molecular complexity index is 526. The fourth-order valence-corrected chi connectivity index (χ4v) is 1.46. The van der Waals surface area contributed by atoms with Crippen molar-refractivity contribution < 1.29 is 14.6 Å². The lowest BCUT2D eigenvalue weighted by molar-refractivity contribution is 0.280. The average Bonchev–Trinajstić information content (AvgIpc) is 2.41. The molecular formula is C13H14N2O3. The number of ether oxygens (including phenoxy) is 2. The second kappa shape index (κ2) is 5.37. The SMILES string of the molecule is COc1cc(CO)ccc1Oc1ccc(N)cn1. The first-order valence-electron chi connectivity index (χ1n) is 5.40. The second-order valence-electron chi connectivity index (χ2n) is 3.68. The molecule has 1 aromatic carbocycles. The van der Waals surface area contributed by atoms with E-state index in [1.165, 1.54) is 6.20 Å². The first-order chi connectivity index (χ1) is 8.72. The number of hydrogen-bond donors (Lipinski definition) is 2. The van der Waals surface area contributed by atoms with Gasteiger partial charge in [-0.1, -0.05) is 6.07 Å². The molecule has 0 fully saturated rings. The van der Waals surface area contributed by atoms with Gasteiger partial charge in [0, 0.05) is 6.07 Å². The first kappa shape index (κ1) is 12.2. The van der Waals surface area contributed by atoms with Gasteiger partial charge in [0.15, 0.2) is 11.5 Å². The molecule has 2 aromatic rings. The topological polar surface area (TPSA) is 77.6 Å². The van der Waals surface area contributed by atoms with Crippen molar-refractivity contribution in [1.82, 2.24) is 4.98 Å². The van der Waals surface area contributed by atoms with E-state index in [4.69, 9.17) is 20.3 Å². The van der Waals surface area contributed by atoms with Gasteiger partial charge in [0.2, 0.25) is 5.88 Å². The summed E-state index contributed by atoms with van der Waals surface area (Å²) in [5.74, 6) is 1.51. The third-order valence-corrected chi connectivity index (χ3v) is 2.38. The largest absolute Gasteiger partial charge is 0.493 e. The van der Waals surface area contributed by atoms with E-state index in [1.54, 1.807) is 37.4 Å². The van der Waals surface area contributed by atoms with Crippen molar-refractivity contribution in [2.45, 2.75) is 6.61 Å². The predicted octanol–water partition coefficient (Wildman–Crippen LogP) is 1.96. The van der Waals surface area contributed by atoms with Crippen LogP contribution in [0.5, 0.6) is 17.4 Å². The van der Waals surface area contributed by atoms with Crippen molar-refractivity contribution in [3.63, 3.8) is 0 Å². The summed E-state index contributed by atoms with van der Waals surface area (Å²) in [5, 5.41) is 9.05. The van der Waals surface area contributed by atoms with E-state index < -0.39 is 0 Å². The Morgan fingerprint density at radius 3 is 2.67 bits per heavy atom. The maximum Gasteiger partial charge on any atom is 0.219 e. The van der Waals surface area contributed by atoms with Crippen LogP contribution in [0.1, 0.15) is 5.56 Å². The molecule has 1 aromatic heterocycles. The Labute approximate surface area is 105 Å². The molecule has 0 aliphatic heterocycles. The fraction of sp³-hybridized carbons (Fsp3) is 0.154. The molecule has 0 aliphatic carbocycles. The highest BCUT2D eigenvalue weighted by Gasteiger charge is 2.07. The number of pyridine rings is 1. The predicted molar refractivity (Wildman–Crippen MR) is 67.6 cm³/mol. The summed E-state index contributed by atoms with van der Waals surface area (Å²) in [7, 11) is 1.54. The summed E-state index contributed by atoms with van der Waals surface area (Å²) in [5.41, 5.74) is 6.87. The molecule has 18 heavy (non-hydrogen) atoms. The number of aliphatic hydroxyl groups excluding tert-OH is 1. The Morgan fingerprint density at radius 1 is 1.22 bits per heavy atom. The molecule has 0 radical (unpaired) electrons.